The van der Waals surface area contributed by atoms with Gasteiger partial charge in [0.25, 0.3) is 5.24 Å². The number of thioether (sulfide) groups is 1. The lowest BCUT2D eigenvalue weighted by Crippen LogP contribution is -2.30. The predicted molar refractivity (Wildman–Crippen MR) is 206 cm³/mol. The first-order chi connectivity index (χ1) is 23.4. The molecule has 0 fully saturated rings. The quantitative estimate of drug-likeness (QED) is 0.0377. The molecule has 0 aromatic heterocycles. The van der Waals surface area contributed by atoms with Gasteiger partial charge in [-0.05, 0) is 104 Å². The van der Waals surface area contributed by atoms with Crippen molar-refractivity contribution in [2.45, 2.75) is 161 Å². The summed E-state index contributed by atoms with van der Waals surface area (Å²) in [6.45, 7) is 2.84. The van der Waals surface area contributed by atoms with E-state index in [2.05, 4.69) is 57.7 Å². The fourth-order valence-electron chi connectivity index (χ4n) is 5.56. The topological polar surface area (TPSA) is 76.1 Å². The number of carbonyl (C=O) groups excluding carboxylic acids is 3. The maximum absolute atomic E-state index is 13.0. The molecule has 0 saturated heterocycles. The van der Waals surface area contributed by atoms with E-state index in [-0.39, 0.29) is 17.2 Å². The third-order valence-electron chi connectivity index (χ3n) is 8.62. The van der Waals surface area contributed by atoms with Crippen LogP contribution in [0.2, 0.25) is 0 Å². The summed E-state index contributed by atoms with van der Waals surface area (Å²) in [6.07, 6.45) is 37.0. The van der Waals surface area contributed by atoms with Crippen molar-refractivity contribution in [3.63, 3.8) is 0 Å². The van der Waals surface area contributed by atoms with Gasteiger partial charge >= 0.3 is 11.9 Å². The highest BCUT2D eigenvalue weighted by atomic mass is 32.2. The zero-order chi connectivity index (χ0) is 35.3. The number of methoxy groups -OCH3 is 2. The molecule has 0 heterocycles. The molecule has 0 atom stereocenters. The van der Waals surface area contributed by atoms with Gasteiger partial charge in [-0.2, -0.15) is 0 Å². The normalized spacial score (nSPS) is 11.6. The van der Waals surface area contributed by atoms with Gasteiger partial charge in [0.05, 0.1) is 14.2 Å². The molecule has 1 amide bonds. The Morgan fingerprint density at radius 2 is 0.833 bits per heavy atom. The Labute approximate surface area is 300 Å². The second kappa shape index (κ2) is 36.5. The molecule has 0 aromatic carbocycles. The molecule has 280 valence electrons. The van der Waals surface area contributed by atoms with Crippen LogP contribution in [0.3, 0.4) is 0 Å². The smallest absolute Gasteiger partial charge is 0.305 e. The van der Waals surface area contributed by atoms with Crippen molar-refractivity contribution in [3.05, 3.63) is 24.3 Å². The average molecular weight is 695 g/mol. The van der Waals surface area contributed by atoms with Crippen LogP contribution in [0.15, 0.2) is 24.3 Å². The summed E-state index contributed by atoms with van der Waals surface area (Å²) < 4.78 is 9.36. The van der Waals surface area contributed by atoms with Crippen LogP contribution in [0, 0.1) is 0 Å². The molecule has 0 rings (SSSR count). The van der Waals surface area contributed by atoms with Crippen molar-refractivity contribution in [3.8, 4) is 0 Å². The van der Waals surface area contributed by atoms with E-state index >= 15 is 0 Å². The molecule has 0 aliphatic carbocycles. The molecular formula is C40H74N2O5S. The Bertz CT molecular complexity index is 765. The molecule has 48 heavy (non-hydrogen) atoms. The van der Waals surface area contributed by atoms with E-state index in [1.165, 1.54) is 90.2 Å². The molecule has 0 radical (unpaired) electrons. The minimum absolute atomic E-state index is 0.103. The monoisotopic (exact) mass is 695 g/mol. The van der Waals surface area contributed by atoms with E-state index in [4.69, 9.17) is 0 Å². The highest BCUT2D eigenvalue weighted by molar-refractivity contribution is 8.13. The van der Waals surface area contributed by atoms with Gasteiger partial charge in [-0.3, -0.25) is 14.4 Å². The van der Waals surface area contributed by atoms with Crippen LogP contribution >= 0.6 is 11.8 Å². The molecule has 0 bridgehead atoms. The van der Waals surface area contributed by atoms with Gasteiger partial charge < -0.3 is 19.3 Å². The summed E-state index contributed by atoms with van der Waals surface area (Å²) >= 11 is 1.51. The summed E-state index contributed by atoms with van der Waals surface area (Å²) in [5.74, 6) is 0.698. The summed E-state index contributed by atoms with van der Waals surface area (Å²) in [5.41, 5.74) is 0. The van der Waals surface area contributed by atoms with Gasteiger partial charge in [-0.25, -0.2) is 0 Å². The summed E-state index contributed by atoms with van der Waals surface area (Å²) in [4.78, 5) is 39.6. The van der Waals surface area contributed by atoms with Crippen LogP contribution in [-0.4, -0.2) is 80.7 Å². The zero-order valence-electron chi connectivity index (χ0n) is 31.7. The van der Waals surface area contributed by atoms with E-state index in [1.807, 2.05) is 0 Å². The van der Waals surface area contributed by atoms with Gasteiger partial charge in [0.15, 0.2) is 0 Å². The van der Waals surface area contributed by atoms with Gasteiger partial charge in [-0.15, -0.1) is 0 Å². The minimum atomic E-state index is -0.103. The van der Waals surface area contributed by atoms with Crippen LogP contribution in [0.25, 0.3) is 0 Å². The van der Waals surface area contributed by atoms with Crippen molar-refractivity contribution in [2.75, 3.05) is 53.7 Å². The molecule has 0 saturated carbocycles. The van der Waals surface area contributed by atoms with Crippen LogP contribution in [0.1, 0.15) is 161 Å². The summed E-state index contributed by atoms with van der Waals surface area (Å²) in [7, 11) is 7.08. The third kappa shape index (κ3) is 34.1. The molecule has 0 N–H and O–H groups in total. The van der Waals surface area contributed by atoms with E-state index in [9.17, 15) is 14.4 Å². The van der Waals surface area contributed by atoms with Crippen molar-refractivity contribution in [2.24, 2.45) is 0 Å². The highest BCUT2D eigenvalue weighted by Crippen LogP contribution is 2.16. The number of carbonyl (C=O) groups is 3. The van der Waals surface area contributed by atoms with Crippen molar-refractivity contribution < 1.29 is 23.9 Å². The van der Waals surface area contributed by atoms with Crippen LogP contribution in [0.5, 0.6) is 0 Å². The molecule has 0 aromatic rings. The average Bonchev–Trinajstić information content (AvgIpc) is 3.08. The van der Waals surface area contributed by atoms with Gasteiger partial charge in [0.1, 0.15) is 0 Å². The maximum Gasteiger partial charge on any atom is 0.305 e. The van der Waals surface area contributed by atoms with Crippen molar-refractivity contribution >= 4 is 28.9 Å². The number of allylic oxidation sites excluding steroid dienone is 4. The summed E-state index contributed by atoms with van der Waals surface area (Å²) in [6, 6.07) is 0. The van der Waals surface area contributed by atoms with Crippen LogP contribution in [-0.2, 0) is 19.1 Å². The Morgan fingerprint density at radius 1 is 0.479 bits per heavy atom. The molecule has 0 aliphatic rings. The fraction of sp³-hybridized carbons (Fsp3) is 0.825. The largest absolute Gasteiger partial charge is 0.469 e. The Balaban J connectivity index is 3.99. The lowest BCUT2D eigenvalue weighted by Gasteiger charge is -2.22. The second-order valence-electron chi connectivity index (χ2n) is 13.4. The number of esters is 2. The van der Waals surface area contributed by atoms with Crippen LogP contribution in [0.4, 0.5) is 4.79 Å². The number of ether oxygens (including phenoxy) is 2. The highest BCUT2D eigenvalue weighted by Gasteiger charge is 2.13. The standard InChI is InChI=1S/C40H74N2O5S/c1-41(2)34-31-37-48-40(45)42(35-29-25-21-17-13-9-5-7-11-15-19-23-27-32-38(43)46-3)36-30-26-22-18-14-10-6-8-12-16-20-24-28-33-39(44)47-4/h7-8,11-12H,5-6,9-10,13-37H2,1-4H3. The lowest BCUT2D eigenvalue weighted by molar-refractivity contribution is -0.141. The Hall–Kier alpha value is -1.80. The SMILES string of the molecule is COC(=O)CCCCCC=CCCCCCCCCN(CCCCCCCCC=CCCCCCC(=O)OC)C(=O)SCCCN(C)C. The van der Waals surface area contributed by atoms with E-state index in [0.717, 1.165) is 109 Å². The van der Waals surface area contributed by atoms with Crippen molar-refractivity contribution in [1.82, 2.24) is 9.80 Å². The predicted octanol–water partition coefficient (Wildman–Crippen LogP) is 10.9. The first-order valence-corrected chi connectivity index (χ1v) is 20.4. The number of nitrogens with zero attached hydrogens (tertiary/aromatic N) is 2. The van der Waals surface area contributed by atoms with Gasteiger partial charge in [0.2, 0.25) is 0 Å². The molecule has 8 heteroatoms. The van der Waals surface area contributed by atoms with E-state index < -0.39 is 0 Å². The zero-order valence-corrected chi connectivity index (χ0v) is 32.5. The number of unbranched alkanes of at least 4 members (excludes halogenated alkanes) is 18. The number of hydrogen-bond acceptors (Lipinski definition) is 7. The van der Waals surface area contributed by atoms with Gasteiger partial charge in [0, 0.05) is 31.7 Å². The molecule has 0 aliphatic heterocycles. The maximum atomic E-state index is 13.0. The fourth-order valence-corrected chi connectivity index (χ4v) is 6.38. The van der Waals surface area contributed by atoms with Crippen molar-refractivity contribution in [1.29, 1.82) is 0 Å². The number of hydrogen-bond donors (Lipinski definition) is 0. The van der Waals surface area contributed by atoms with Crippen LogP contribution < -0.4 is 0 Å². The third-order valence-corrected chi connectivity index (χ3v) is 9.62. The molecule has 7 nitrogen and oxygen atoms in total. The minimum Gasteiger partial charge on any atom is -0.469 e. The van der Waals surface area contributed by atoms with Gasteiger partial charge in [-0.1, -0.05) is 100 Å². The lowest BCUT2D eigenvalue weighted by atomic mass is 10.1. The first kappa shape index (κ1) is 46.2. The number of rotatable bonds is 34. The Morgan fingerprint density at radius 3 is 1.21 bits per heavy atom. The molecule has 0 unspecified atom stereocenters. The van der Waals surface area contributed by atoms with E-state index in [1.54, 1.807) is 0 Å². The first-order valence-electron chi connectivity index (χ1n) is 19.4. The van der Waals surface area contributed by atoms with E-state index in [0.29, 0.717) is 12.8 Å². The number of amides is 1. The second-order valence-corrected chi connectivity index (χ2v) is 14.4. The summed E-state index contributed by atoms with van der Waals surface area (Å²) in [5, 5.41) is 0.277. The molecule has 0 spiro atoms. The Kier molecular flexibility index (Phi) is 35.1. The molecular weight excluding hydrogens is 621 g/mol.